The van der Waals surface area contributed by atoms with Gasteiger partial charge in [-0.15, -0.1) is 0 Å². The maximum absolute atomic E-state index is 12.5. The molecule has 1 aliphatic heterocycles. The molecular weight excluding hydrogens is 398 g/mol. The van der Waals surface area contributed by atoms with Crippen molar-refractivity contribution in [2.45, 2.75) is 26.8 Å². The molecular formula is C23H25N3O3S. The third kappa shape index (κ3) is 5.30. The lowest BCUT2D eigenvalue weighted by molar-refractivity contribution is -0.139. The van der Waals surface area contributed by atoms with Crippen LogP contribution in [0.1, 0.15) is 31.0 Å². The molecule has 3 rings (SSSR count). The van der Waals surface area contributed by atoms with Crippen LogP contribution < -0.4 is 10.6 Å². The van der Waals surface area contributed by atoms with Crippen LogP contribution in [-0.4, -0.2) is 29.4 Å². The second-order valence-electron chi connectivity index (χ2n) is 6.78. The largest absolute Gasteiger partial charge is 0.463 e. The Bertz CT molecular complexity index is 986. The molecule has 0 radical (unpaired) electrons. The van der Waals surface area contributed by atoms with Gasteiger partial charge in [0.05, 0.1) is 17.9 Å². The van der Waals surface area contributed by atoms with E-state index >= 15 is 0 Å². The number of aliphatic imine (C=N–C) groups is 1. The van der Waals surface area contributed by atoms with Gasteiger partial charge in [-0.2, -0.15) is 0 Å². The molecule has 0 unspecified atom stereocenters. The molecule has 156 valence electrons. The maximum Gasteiger partial charge on any atom is 0.338 e. The van der Waals surface area contributed by atoms with E-state index in [4.69, 9.17) is 9.73 Å². The van der Waals surface area contributed by atoms with Crippen LogP contribution in [0.15, 0.2) is 70.9 Å². The SMILES string of the molecule is CCOC(=O)C1=C(C)NC(SCC(=O)Nc2ccccc2C)=N[C@@H]1c1ccccc1. The van der Waals surface area contributed by atoms with E-state index < -0.39 is 6.04 Å². The van der Waals surface area contributed by atoms with Crippen LogP contribution in [0.25, 0.3) is 0 Å². The monoisotopic (exact) mass is 423 g/mol. The van der Waals surface area contributed by atoms with Crippen LogP contribution in [0, 0.1) is 6.92 Å². The van der Waals surface area contributed by atoms with Crippen LogP contribution in [0.2, 0.25) is 0 Å². The van der Waals surface area contributed by atoms with E-state index in [1.807, 2.05) is 68.4 Å². The van der Waals surface area contributed by atoms with Gasteiger partial charge in [-0.25, -0.2) is 9.79 Å². The van der Waals surface area contributed by atoms with Gasteiger partial charge < -0.3 is 15.4 Å². The van der Waals surface area contributed by atoms with E-state index in [9.17, 15) is 9.59 Å². The molecule has 0 saturated heterocycles. The van der Waals surface area contributed by atoms with Gasteiger partial charge >= 0.3 is 5.97 Å². The fourth-order valence-corrected chi connectivity index (χ4v) is 3.85. The van der Waals surface area contributed by atoms with E-state index in [0.29, 0.717) is 23.0 Å². The summed E-state index contributed by atoms with van der Waals surface area (Å²) in [7, 11) is 0. The van der Waals surface area contributed by atoms with E-state index in [2.05, 4.69) is 10.6 Å². The summed E-state index contributed by atoms with van der Waals surface area (Å²) in [5, 5.41) is 6.66. The minimum absolute atomic E-state index is 0.118. The average Bonchev–Trinajstić information content (AvgIpc) is 2.74. The number of allylic oxidation sites excluding steroid dienone is 1. The van der Waals surface area contributed by atoms with Crippen molar-refractivity contribution in [3.8, 4) is 0 Å². The van der Waals surface area contributed by atoms with Gasteiger partial charge in [-0.1, -0.05) is 60.3 Å². The summed E-state index contributed by atoms with van der Waals surface area (Å²) in [6.45, 7) is 5.84. The first kappa shape index (κ1) is 21.6. The molecule has 2 aromatic carbocycles. The number of carbonyl (C=O) groups excluding carboxylic acids is 2. The Balaban J connectivity index is 1.75. The zero-order chi connectivity index (χ0) is 21.5. The molecule has 2 N–H and O–H groups in total. The molecule has 0 aliphatic carbocycles. The molecule has 0 aromatic heterocycles. The predicted octanol–water partition coefficient (Wildman–Crippen LogP) is 4.20. The molecule has 6 nitrogen and oxygen atoms in total. The van der Waals surface area contributed by atoms with Crippen molar-refractivity contribution in [1.82, 2.24) is 5.32 Å². The maximum atomic E-state index is 12.5. The second-order valence-corrected chi connectivity index (χ2v) is 7.75. The lowest BCUT2D eigenvalue weighted by Gasteiger charge is -2.25. The number of para-hydroxylation sites is 1. The van der Waals surface area contributed by atoms with Crippen molar-refractivity contribution < 1.29 is 14.3 Å². The highest BCUT2D eigenvalue weighted by Crippen LogP contribution is 2.32. The number of aryl methyl sites for hydroxylation is 1. The average molecular weight is 424 g/mol. The summed E-state index contributed by atoms with van der Waals surface area (Å²) >= 11 is 1.30. The summed E-state index contributed by atoms with van der Waals surface area (Å²) in [6, 6.07) is 16.8. The van der Waals surface area contributed by atoms with E-state index in [-0.39, 0.29) is 17.6 Å². The van der Waals surface area contributed by atoms with E-state index in [1.165, 1.54) is 11.8 Å². The Labute approximate surface area is 180 Å². The summed E-state index contributed by atoms with van der Waals surface area (Å²) in [6.07, 6.45) is 0. The zero-order valence-electron chi connectivity index (χ0n) is 17.3. The van der Waals surface area contributed by atoms with Crippen molar-refractivity contribution in [2.24, 2.45) is 4.99 Å². The second kappa shape index (κ2) is 10.1. The summed E-state index contributed by atoms with van der Waals surface area (Å²) < 4.78 is 5.24. The lowest BCUT2D eigenvalue weighted by atomic mass is 9.97. The smallest absolute Gasteiger partial charge is 0.338 e. The van der Waals surface area contributed by atoms with Crippen LogP contribution in [0.3, 0.4) is 0 Å². The Morgan fingerprint density at radius 1 is 1.10 bits per heavy atom. The topological polar surface area (TPSA) is 79.8 Å². The molecule has 0 saturated carbocycles. The molecule has 0 spiro atoms. The number of thioether (sulfide) groups is 1. The first-order valence-corrected chi connectivity index (χ1v) is 10.7. The Kier molecular flexibility index (Phi) is 7.30. The Morgan fingerprint density at radius 3 is 2.50 bits per heavy atom. The molecule has 7 heteroatoms. The van der Waals surface area contributed by atoms with Crippen molar-refractivity contribution in [3.63, 3.8) is 0 Å². The first-order chi connectivity index (χ1) is 14.5. The van der Waals surface area contributed by atoms with Gasteiger partial charge in [0.1, 0.15) is 6.04 Å². The van der Waals surface area contributed by atoms with Crippen molar-refractivity contribution in [1.29, 1.82) is 0 Å². The number of esters is 1. The quantitative estimate of drug-likeness (QED) is 0.681. The Morgan fingerprint density at radius 2 is 1.80 bits per heavy atom. The van der Waals surface area contributed by atoms with Gasteiger partial charge in [-0.3, -0.25) is 4.79 Å². The fourth-order valence-electron chi connectivity index (χ4n) is 3.10. The number of amidine groups is 1. The molecule has 1 heterocycles. The summed E-state index contributed by atoms with van der Waals surface area (Å²) in [5.74, 6) is -0.307. The number of ether oxygens (including phenoxy) is 1. The predicted molar refractivity (Wildman–Crippen MR) is 121 cm³/mol. The molecule has 0 bridgehead atoms. The number of rotatable bonds is 6. The number of hydrogen-bond donors (Lipinski definition) is 2. The van der Waals surface area contributed by atoms with Gasteiger partial charge in [0.25, 0.3) is 0 Å². The minimum atomic E-state index is -0.478. The highest BCUT2D eigenvalue weighted by molar-refractivity contribution is 8.14. The van der Waals surface area contributed by atoms with Crippen LogP contribution in [0.5, 0.6) is 0 Å². The van der Waals surface area contributed by atoms with Gasteiger partial charge in [0, 0.05) is 11.4 Å². The van der Waals surface area contributed by atoms with Crippen LogP contribution >= 0.6 is 11.8 Å². The standard InChI is InChI=1S/C23H25N3O3S/c1-4-29-22(28)20-16(3)24-23(26-21(20)17-11-6-5-7-12-17)30-14-19(27)25-18-13-9-8-10-15(18)2/h5-13,21H,4,14H2,1-3H3,(H,24,26)(H,25,27)/t21-/m1/s1. The molecule has 1 aliphatic rings. The van der Waals surface area contributed by atoms with E-state index in [0.717, 1.165) is 16.8 Å². The third-order valence-corrected chi connectivity index (χ3v) is 5.48. The molecule has 1 amide bonds. The summed E-state index contributed by atoms with van der Waals surface area (Å²) in [5.41, 5.74) is 3.86. The molecule has 2 aromatic rings. The number of anilines is 1. The number of amides is 1. The normalized spacial score (nSPS) is 15.8. The minimum Gasteiger partial charge on any atom is -0.463 e. The van der Waals surface area contributed by atoms with Crippen LogP contribution in [0.4, 0.5) is 5.69 Å². The van der Waals surface area contributed by atoms with Gasteiger partial charge in [0.15, 0.2) is 5.17 Å². The van der Waals surface area contributed by atoms with Crippen LogP contribution in [-0.2, 0) is 14.3 Å². The molecule has 1 atom stereocenters. The molecule has 30 heavy (non-hydrogen) atoms. The zero-order valence-corrected chi connectivity index (χ0v) is 18.1. The first-order valence-electron chi connectivity index (χ1n) is 9.75. The number of carbonyl (C=O) groups is 2. The van der Waals surface area contributed by atoms with Crippen molar-refractivity contribution in [3.05, 3.63) is 77.0 Å². The number of benzene rings is 2. The molecule has 0 fully saturated rings. The van der Waals surface area contributed by atoms with Gasteiger partial charge in [0.2, 0.25) is 5.91 Å². The number of hydrogen-bond acceptors (Lipinski definition) is 6. The highest BCUT2D eigenvalue weighted by Gasteiger charge is 2.30. The number of nitrogens with one attached hydrogen (secondary N) is 2. The van der Waals surface area contributed by atoms with Gasteiger partial charge in [-0.05, 0) is 38.0 Å². The Hall–Kier alpha value is -3.06. The summed E-state index contributed by atoms with van der Waals surface area (Å²) in [4.78, 5) is 29.7. The third-order valence-electron chi connectivity index (χ3n) is 4.59. The van der Waals surface area contributed by atoms with Crippen molar-refractivity contribution in [2.75, 3.05) is 17.7 Å². The van der Waals surface area contributed by atoms with E-state index in [1.54, 1.807) is 6.92 Å². The number of nitrogens with zero attached hydrogens (tertiary/aromatic N) is 1. The lowest BCUT2D eigenvalue weighted by Crippen LogP contribution is -2.31. The van der Waals surface area contributed by atoms with Crippen molar-refractivity contribution >= 4 is 34.5 Å². The fraction of sp³-hybridized carbons (Fsp3) is 0.261. The highest BCUT2D eigenvalue weighted by atomic mass is 32.2.